The monoisotopic (exact) mass is 347 g/mol. The Labute approximate surface area is 143 Å². The van der Waals surface area contributed by atoms with Crippen molar-refractivity contribution in [3.63, 3.8) is 0 Å². The van der Waals surface area contributed by atoms with Crippen LogP contribution in [0, 0.1) is 26.6 Å². The zero-order valence-corrected chi connectivity index (χ0v) is 15.0. The Morgan fingerprint density at radius 1 is 1.08 bits per heavy atom. The number of sulfonamides is 1. The van der Waals surface area contributed by atoms with E-state index in [1.807, 2.05) is 32.9 Å². The van der Waals surface area contributed by atoms with Crippen molar-refractivity contribution in [3.8, 4) is 0 Å². The van der Waals surface area contributed by atoms with Gasteiger partial charge in [-0.25, -0.2) is 12.8 Å². The van der Waals surface area contributed by atoms with Crippen LogP contribution in [0.25, 0.3) is 0 Å². The van der Waals surface area contributed by atoms with Crippen LogP contribution in [0.1, 0.15) is 41.1 Å². The summed E-state index contributed by atoms with van der Waals surface area (Å²) in [7, 11) is -3.62. The first kappa shape index (κ1) is 17.1. The average molecular weight is 347 g/mol. The van der Waals surface area contributed by atoms with Gasteiger partial charge in [-0.3, -0.25) is 0 Å². The third kappa shape index (κ3) is 2.98. The van der Waals surface area contributed by atoms with Crippen molar-refractivity contribution < 1.29 is 12.8 Å². The number of hydrogen-bond donors (Lipinski definition) is 0. The highest BCUT2D eigenvalue weighted by Gasteiger charge is 2.37. The van der Waals surface area contributed by atoms with E-state index in [0.29, 0.717) is 17.9 Å². The van der Waals surface area contributed by atoms with E-state index in [-0.39, 0.29) is 11.9 Å². The maximum Gasteiger partial charge on any atom is 0.244 e. The Kier molecular flexibility index (Phi) is 4.49. The normalized spacial score (nSPS) is 18.9. The minimum Gasteiger partial charge on any atom is -0.207 e. The van der Waals surface area contributed by atoms with Crippen LogP contribution in [0.2, 0.25) is 0 Å². The van der Waals surface area contributed by atoms with Gasteiger partial charge in [0.15, 0.2) is 0 Å². The molecule has 0 spiro atoms. The van der Waals surface area contributed by atoms with Gasteiger partial charge >= 0.3 is 0 Å². The molecule has 2 aromatic rings. The lowest BCUT2D eigenvalue weighted by Crippen LogP contribution is -2.31. The van der Waals surface area contributed by atoms with Crippen molar-refractivity contribution in [3.05, 3.63) is 64.5 Å². The smallest absolute Gasteiger partial charge is 0.207 e. The molecular weight excluding hydrogens is 325 g/mol. The lowest BCUT2D eigenvalue weighted by Gasteiger charge is -2.26. The molecule has 1 aliphatic heterocycles. The average Bonchev–Trinajstić information content (AvgIpc) is 2.96. The summed E-state index contributed by atoms with van der Waals surface area (Å²) in [6.07, 6.45) is 1.50. The van der Waals surface area contributed by atoms with Crippen molar-refractivity contribution in [2.75, 3.05) is 6.54 Å². The van der Waals surface area contributed by atoms with Crippen LogP contribution in [0.15, 0.2) is 41.3 Å². The highest BCUT2D eigenvalue weighted by atomic mass is 32.2. The predicted molar refractivity (Wildman–Crippen MR) is 92.9 cm³/mol. The largest absolute Gasteiger partial charge is 0.244 e. The molecule has 2 aromatic carbocycles. The molecule has 1 atom stereocenters. The van der Waals surface area contributed by atoms with Gasteiger partial charge in [0.2, 0.25) is 10.0 Å². The zero-order valence-electron chi connectivity index (χ0n) is 14.2. The SMILES string of the molecule is Cc1cc(C)c(S(=O)(=O)N2CCCC2c2cccc(F)c2)c(C)c1. The van der Waals surface area contributed by atoms with E-state index in [9.17, 15) is 12.8 Å². The maximum absolute atomic E-state index is 13.6. The van der Waals surface area contributed by atoms with Crippen molar-refractivity contribution in [2.24, 2.45) is 0 Å². The molecule has 1 aliphatic rings. The predicted octanol–water partition coefficient (Wildman–Crippen LogP) is 4.28. The molecule has 1 fully saturated rings. The molecule has 1 saturated heterocycles. The summed E-state index contributed by atoms with van der Waals surface area (Å²) in [4.78, 5) is 0.386. The summed E-state index contributed by atoms with van der Waals surface area (Å²) < 4.78 is 41.7. The summed E-state index contributed by atoms with van der Waals surface area (Å²) in [6.45, 7) is 6.10. The Morgan fingerprint density at radius 3 is 2.38 bits per heavy atom. The van der Waals surface area contributed by atoms with Gasteiger partial charge in [0.05, 0.1) is 10.9 Å². The van der Waals surface area contributed by atoms with Gasteiger partial charge in [0.1, 0.15) is 5.82 Å². The van der Waals surface area contributed by atoms with Crippen molar-refractivity contribution in [2.45, 2.75) is 44.6 Å². The molecule has 0 saturated carbocycles. The fraction of sp³-hybridized carbons (Fsp3) is 0.368. The third-order valence-corrected chi connectivity index (χ3v) is 6.82. The lowest BCUT2D eigenvalue weighted by atomic mass is 10.1. The number of benzene rings is 2. The Hall–Kier alpha value is -1.72. The molecule has 0 amide bonds. The number of halogens is 1. The zero-order chi connectivity index (χ0) is 17.5. The summed E-state index contributed by atoms with van der Waals surface area (Å²) in [5.41, 5.74) is 3.29. The van der Waals surface area contributed by atoms with E-state index in [0.717, 1.165) is 28.7 Å². The summed E-state index contributed by atoms with van der Waals surface area (Å²) >= 11 is 0. The van der Waals surface area contributed by atoms with Crippen molar-refractivity contribution in [1.29, 1.82) is 0 Å². The van der Waals surface area contributed by atoms with E-state index in [2.05, 4.69) is 0 Å². The van der Waals surface area contributed by atoms with Crippen LogP contribution in [-0.2, 0) is 10.0 Å². The second kappa shape index (κ2) is 6.30. The van der Waals surface area contributed by atoms with Crippen LogP contribution in [0.5, 0.6) is 0 Å². The molecule has 0 radical (unpaired) electrons. The molecule has 3 nitrogen and oxygen atoms in total. The van der Waals surface area contributed by atoms with Crippen LogP contribution < -0.4 is 0 Å². The minimum absolute atomic E-state index is 0.300. The molecular formula is C19H22FNO2S. The standard InChI is InChI=1S/C19H22FNO2S/c1-13-10-14(2)19(15(3)11-13)24(22,23)21-9-5-8-18(21)16-6-4-7-17(20)12-16/h4,6-7,10-12,18H,5,8-9H2,1-3H3. The summed E-state index contributed by atoms with van der Waals surface area (Å²) in [5.74, 6) is -0.334. The fourth-order valence-corrected chi connectivity index (χ4v) is 5.86. The molecule has 1 unspecified atom stereocenters. The van der Waals surface area contributed by atoms with E-state index in [1.54, 1.807) is 12.1 Å². The van der Waals surface area contributed by atoms with Crippen LogP contribution in [0.4, 0.5) is 4.39 Å². The van der Waals surface area contributed by atoms with E-state index in [4.69, 9.17) is 0 Å². The Morgan fingerprint density at radius 2 is 1.75 bits per heavy atom. The minimum atomic E-state index is -3.62. The van der Waals surface area contributed by atoms with Crippen LogP contribution >= 0.6 is 0 Å². The molecule has 0 bridgehead atoms. The van der Waals surface area contributed by atoms with E-state index < -0.39 is 10.0 Å². The summed E-state index contributed by atoms with van der Waals surface area (Å²) in [5, 5.41) is 0. The highest BCUT2D eigenvalue weighted by Crippen LogP contribution is 2.38. The van der Waals surface area contributed by atoms with Gasteiger partial charge in [0, 0.05) is 6.54 Å². The maximum atomic E-state index is 13.6. The van der Waals surface area contributed by atoms with Gasteiger partial charge in [-0.05, 0) is 62.4 Å². The lowest BCUT2D eigenvalue weighted by molar-refractivity contribution is 0.395. The van der Waals surface area contributed by atoms with Crippen molar-refractivity contribution in [1.82, 2.24) is 4.31 Å². The second-order valence-corrected chi connectivity index (χ2v) is 8.38. The molecule has 24 heavy (non-hydrogen) atoms. The molecule has 1 heterocycles. The first-order valence-corrected chi connectivity index (χ1v) is 9.60. The highest BCUT2D eigenvalue weighted by molar-refractivity contribution is 7.89. The van der Waals surface area contributed by atoms with Crippen LogP contribution in [-0.4, -0.2) is 19.3 Å². The quantitative estimate of drug-likeness (QED) is 0.831. The molecule has 0 aromatic heterocycles. The van der Waals surface area contributed by atoms with Crippen molar-refractivity contribution >= 4 is 10.0 Å². The number of nitrogens with zero attached hydrogens (tertiary/aromatic N) is 1. The van der Waals surface area contributed by atoms with E-state index >= 15 is 0 Å². The van der Waals surface area contributed by atoms with Gasteiger partial charge in [0.25, 0.3) is 0 Å². The van der Waals surface area contributed by atoms with Gasteiger partial charge in [-0.2, -0.15) is 4.31 Å². The first-order valence-electron chi connectivity index (χ1n) is 8.16. The third-order valence-electron chi connectivity index (χ3n) is 4.61. The molecule has 0 N–H and O–H groups in total. The first-order chi connectivity index (χ1) is 11.3. The Balaban J connectivity index is 2.06. The molecule has 5 heteroatoms. The number of rotatable bonds is 3. The van der Waals surface area contributed by atoms with Gasteiger partial charge < -0.3 is 0 Å². The number of aryl methyl sites for hydroxylation is 3. The fourth-order valence-electron chi connectivity index (χ4n) is 3.77. The molecule has 3 rings (SSSR count). The second-order valence-electron chi connectivity index (χ2n) is 6.56. The molecule has 128 valence electrons. The van der Waals surface area contributed by atoms with Gasteiger partial charge in [-0.15, -0.1) is 0 Å². The Bertz CT molecular complexity index is 854. The summed E-state index contributed by atoms with van der Waals surface area (Å²) in [6, 6.07) is 9.75. The van der Waals surface area contributed by atoms with Crippen LogP contribution in [0.3, 0.4) is 0 Å². The van der Waals surface area contributed by atoms with E-state index in [1.165, 1.54) is 16.4 Å². The topological polar surface area (TPSA) is 37.4 Å². The van der Waals surface area contributed by atoms with Gasteiger partial charge in [-0.1, -0.05) is 29.8 Å². The molecule has 0 aliphatic carbocycles. The number of hydrogen-bond acceptors (Lipinski definition) is 2.